The second-order valence-electron chi connectivity index (χ2n) is 5.39. The first-order chi connectivity index (χ1) is 11.0. The van der Waals surface area contributed by atoms with Crippen molar-refractivity contribution < 1.29 is 9.90 Å². The van der Waals surface area contributed by atoms with Crippen molar-refractivity contribution in [3.63, 3.8) is 0 Å². The Morgan fingerprint density at radius 1 is 1.13 bits per heavy atom. The number of para-hydroxylation sites is 1. The van der Waals surface area contributed by atoms with Crippen molar-refractivity contribution in [1.29, 1.82) is 0 Å². The van der Waals surface area contributed by atoms with Crippen molar-refractivity contribution >= 4 is 34.8 Å². The first-order valence-corrected chi connectivity index (χ1v) is 8.16. The molecule has 23 heavy (non-hydrogen) atoms. The first kappa shape index (κ1) is 17.8. The lowest BCUT2D eigenvalue weighted by atomic mass is 9.95. The van der Waals surface area contributed by atoms with Crippen molar-refractivity contribution in [2.75, 3.05) is 18.6 Å². The number of benzene rings is 2. The van der Waals surface area contributed by atoms with Gasteiger partial charge in [-0.1, -0.05) is 47.5 Å². The molecule has 1 atom stereocenters. The van der Waals surface area contributed by atoms with Gasteiger partial charge in [0.1, 0.15) is 0 Å². The average Bonchev–Trinajstić information content (AvgIpc) is 2.57. The van der Waals surface area contributed by atoms with Gasteiger partial charge in [-0.25, -0.2) is 0 Å². The van der Waals surface area contributed by atoms with E-state index in [0.717, 1.165) is 11.3 Å². The van der Waals surface area contributed by atoms with E-state index in [2.05, 4.69) is 0 Å². The molecule has 3 nitrogen and oxygen atoms in total. The van der Waals surface area contributed by atoms with Crippen molar-refractivity contribution in [3.05, 3.63) is 64.1 Å². The smallest absolute Gasteiger partial charge is 0.230 e. The summed E-state index contributed by atoms with van der Waals surface area (Å²) in [6.07, 6.45) is 0.906. The number of halogens is 2. The Bertz CT molecular complexity index is 661. The number of anilines is 1. The highest BCUT2D eigenvalue weighted by atomic mass is 35.5. The molecule has 0 aromatic heterocycles. The number of rotatable bonds is 6. The number of carbonyl (C=O) groups excluding carboxylic acids is 1. The Balaban J connectivity index is 2.16. The summed E-state index contributed by atoms with van der Waals surface area (Å²) in [7, 11) is 1.75. The van der Waals surface area contributed by atoms with Crippen LogP contribution in [0.25, 0.3) is 0 Å². The largest absolute Gasteiger partial charge is 0.396 e. The molecule has 0 saturated carbocycles. The minimum Gasteiger partial charge on any atom is -0.396 e. The van der Waals surface area contributed by atoms with Crippen LogP contribution in [0.15, 0.2) is 48.5 Å². The molecular formula is C18H19Cl2NO2. The third-order valence-electron chi connectivity index (χ3n) is 3.77. The maximum atomic E-state index is 12.7. The zero-order valence-corrected chi connectivity index (χ0v) is 14.4. The van der Waals surface area contributed by atoms with E-state index in [-0.39, 0.29) is 18.4 Å². The molecule has 1 N–H and O–H groups in total. The molecule has 0 saturated heterocycles. The van der Waals surface area contributed by atoms with E-state index in [9.17, 15) is 9.90 Å². The van der Waals surface area contributed by atoms with Crippen molar-refractivity contribution in [2.24, 2.45) is 5.92 Å². The van der Waals surface area contributed by atoms with Crippen LogP contribution in [0.5, 0.6) is 0 Å². The summed E-state index contributed by atoms with van der Waals surface area (Å²) >= 11 is 12.0. The standard InChI is InChI=1S/C18H19Cl2NO2/c1-21(15-5-3-2-4-6-15)18(23)14(9-10-22)11-13-7-8-16(19)17(20)12-13/h2-8,12,14,22H,9-11H2,1H3. The molecule has 0 fully saturated rings. The quantitative estimate of drug-likeness (QED) is 0.847. The van der Waals surface area contributed by atoms with Crippen LogP contribution in [-0.4, -0.2) is 24.7 Å². The second-order valence-corrected chi connectivity index (χ2v) is 6.21. The molecule has 122 valence electrons. The molecule has 5 heteroatoms. The summed E-state index contributed by atoms with van der Waals surface area (Å²) in [6.45, 7) is -0.0413. The van der Waals surface area contributed by atoms with E-state index in [1.165, 1.54) is 0 Å². The van der Waals surface area contributed by atoms with Gasteiger partial charge in [0.25, 0.3) is 0 Å². The highest BCUT2D eigenvalue weighted by molar-refractivity contribution is 6.42. The van der Waals surface area contributed by atoms with Crippen LogP contribution in [0.4, 0.5) is 5.69 Å². The number of hydrogen-bond donors (Lipinski definition) is 1. The maximum absolute atomic E-state index is 12.7. The predicted molar refractivity (Wildman–Crippen MR) is 95.2 cm³/mol. The van der Waals surface area contributed by atoms with Crippen molar-refractivity contribution in [1.82, 2.24) is 0 Å². The summed E-state index contributed by atoms with van der Waals surface area (Å²) in [5.41, 5.74) is 1.75. The fraction of sp³-hybridized carbons (Fsp3) is 0.278. The normalized spacial score (nSPS) is 12.0. The number of carbonyl (C=O) groups is 1. The molecule has 2 aromatic carbocycles. The SMILES string of the molecule is CN(C(=O)C(CCO)Cc1ccc(Cl)c(Cl)c1)c1ccccc1. The van der Waals surface area contributed by atoms with E-state index >= 15 is 0 Å². The molecule has 0 aliphatic heterocycles. The topological polar surface area (TPSA) is 40.5 Å². The zero-order chi connectivity index (χ0) is 16.8. The lowest BCUT2D eigenvalue weighted by molar-refractivity contribution is -0.122. The van der Waals surface area contributed by atoms with Gasteiger partial charge in [-0.2, -0.15) is 0 Å². The lowest BCUT2D eigenvalue weighted by Gasteiger charge is -2.24. The molecule has 1 unspecified atom stereocenters. The van der Waals surface area contributed by atoms with Gasteiger partial charge < -0.3 is 10.0 Å². The molecule has 0 radical (unpaired) electrons. The van der Waals surface area contributed by atoms with Gasteiger partial charge in [0.2, 0.25) is 5.91 Å². The number of aliphatic hydroxyl groups is 1. The highest BCUT2D eigenvalue weighted by Crippen LogP contribution is 2.25. The molecule has 0 aliphatic rings. The monoisotopic (exact) mass is 351 g/mol. The fourth-order valence-corrected chi connectivity index (χ4v) is 2.79. The van der Waals surface area contributed by atoms with E-state index in [0.29, 0.717) is 22.9 Å². The van der Waals surface area contributed by atoms with Crippen LogP contribution in [-0.2, 0) is 11.2 Å². The molecule has 2 rings (SSSR count). The Hall–Kier alpha value is -1.55. The minimum atomic E-state index is -0.317. The molecule has 0 heterocycles. The van der Waals surface area contributed by atoms with Gasteiger partial charge in [0.05, 0.1) is 10.0 Å². The van der Waals surface area contributed by atoms with Crippen LogP contribution in [0.1, 0.15) is 12.0 Å². The fourth-order valence-electron chi connectivity index (χ4n) is 2.47. The van der Waals surface area contributed by atoms with E-state index in [1.54, 1.807) is 24.1 Å². The van der Waals surface area contributed by atoms with E-state index < -0.39 is 0 Å². The van der Waals surface area contributed by atoms with Gasteiger partial charge in [-0.3, -0.25) is 4.79 Å². The Labute approximate surface area is 146 Å². The van der Waals surface area contributed by atoms with Crippen LogP contribution in [0, 0.1) is 5.92 Å². The Morgan fingerprint density at radius 3 is 2.43 bits per heavy atom. The average molecular weight is 352 g/mol. The summed E-state index contributed by atoms with van der Waals surface area (Å²) in [6, 6.07) is 14.8. The number of nitrogens with zero attached hydrogens (tertiary/aromatic N) is 1. The highest BCUT2D eigenvalue weighted by Gasteiger charge is 2.23. The predicted octanol–water partition coefficient (Wildman–Crippen LogP) is 4.20. The van der Waals surface area contributed by atoms with Gasteiger partial charge in [-0.05, 0) is 42.7 Å². The molecule has 0 spiro atoms. The summed E-state index contributed by atoms with van der Waals surface area (Å²) in [4.78, 5) is 14.4. The first-order valence-electron chi connectivity index (χ1n) is 7.40. The van der Waals surface area contributed by atoms with E-state index in [4.69, 9.17) is 23.2 Å². The number of amides is 1. The van der Waals surface area contributed by atoms with Crippen LogP contribution in [0.2, 0.25) is 10.0 Å². The van der Waals surface area contributed by atoms with Gasteiger partial charge >= 0.3 is 0 Å². The molecule has 1 amide bonds. The van der Waals surface area contributed by atoms with Gasteiger partial charge in [0.15, 0.2) is 0 Å². The second kappa shape index (κ2) is 8.34. The minimum absolute atomic E-state index is 0.0312. The van der Waals surface area contributed by atoms with Gasteiger partial charge in [0, 0.05) is 25.3 Å². The zero-order valence-electron chi connectivity index (χ0n) is 12.9. The van der Waals surface area contributed by atoms with Crippen LogP contribution in [0.3, 0.4) is 0 Å². The molecule has 2 aromatic rings. The molecule has 0 aliphatic carbocycles. The molecule has 0 bridgehead atoms. The number of aliphatic hydroxyl groups excluding tert-OH is 1. The summed E-state index contributed by atoms with van der Waals surface area (Å²) in [5, 5.41) is 10.3. The van der Waals surface area contributed by atoms with Crippen molar-refractivity contribution in [2.45, 2.75) is 12.8 Å². The van der Waals surface area contributed by atoms with Crippen LogP contribution >= 0.6 is 23.2 Å². The molecular weight excluding hydrogens is 333 g/mol. The number of hydrogen-bond acceptors (Lipinski definition) is 2. The van der Waals surface area contributed by atoms with Gasteiger partial charge in [-0.15, -0.1) is 0 Å². The summed E-state index contributed by atoms with van der Waals surface area (Å²) in [5.74, 6) is -0.348. The lowest BCUT2D eigenvalue weighted by Crippen LogP contribution is -2.34. The maximum Gasteiger partial charge on any atom is 0.230 e. The Kier molecular flexibility index (Phi) is 6.46. The van der Waals surface area contributed by atoms with E-state index in [1.807, 2.05) is 36.4 Å². The van der Waals surface area contributed by atoms with Crippen molar-refractivity contribution in [3.8, 4) is 0 Å². The van der Waals surface area contributed by atoms with Crippen LogP contribution < -0.4 is 4.90 Å². The summed E-state index contributed by atoms with van der Waals surface area (Å²) < 4.78 is 0. The Morgan fingerprint density at radius 2 is 1.83 bits per heavy atom. The third kappa shape index (κ3) is 4.71. The third-order valence-corrected chi connectivity index (χ3v) is 4.51.